The van der Waals surface area contributed by atoms with Gasteiger partial charge in [-0.25, -0.2) is 5.43 Å². The van der Waals surface area contributed by atoms with E-state index in [0.29, 0.717) is 5.56 Å². The van der Waals surface area contributed by atoms with Crippen molar-refractivity contribution in [1.82, 2.24) is 10.7 Å². The minimum Gasteiger partial charge on any atom is -0.508 e. The number of carbonyl (C=O) groups excluding carboxylic acids is 2. The van der Waals surface area contributed by atoms with Gasteiger partial charge in [0, 0.05) is 6.04 Å². The highest BCUT2D eigenvalue weighted by Crippen LogP contribution is 2.08. The van der Waals surface area contributed by atoms with Crippen LogP contribution in [0.2, 0.25) is 0 Å². The molecule has 1 rings (SSSR count). The molecule has 1 aromatic rings. The van der Waals surface area contributed by atoms with Crippen LogP contribution in [0.1, 0.15) is 25.8 Å². The predicted octanol–water partition coefficient (Wildman–Crippen LogP) is 0.757. The van der Waals surface area contributed by atoms with Crippen LogP contribution in [0.15, 0.2) is 29.4 Å². The molecule has 0 aliphatic heterocycles. The molecule has 0 saturated heterocycles. The van der Waals surface area contributed by atoms with Crippen LogP contribution < -0.4 is 10.7 Å². The predicted molar refractivity (Wildman–Crippen MR) is 71.7 cm³/mol. The van der Waals surface area contributed by atoms with Crippen LogP contribution in [-0.4, -0.2) is 29.2 Å². The Hall–Kier alpha value is -2.37. The lowest BCUT2D eigenvalue weighted by Crippen LogP contribution is -2.41. The van der Waals surface area contributed by atoms with Crippen molar-refractivity contribution in [2.45, 2.75) is 26.3 Å². The second kappa shape index (κ2) is 7.15. The van der Waals surface area contributed by atoms with Gasteiger partial charge < -0.3 is 10.4 Å². The number of hydrogen-bond donors (Lipinski definition) is 3. The summed E-state index contributed by atoms with van der Waals surface area (Å²) in [5.41, 5.74) is 2.73. The number of rotatable bonds is 4. The maximum Gasteiger partial charge on any atom is 0.329 e. The highest BCUT2D eigenvalue weighted by atomic mass is 16.3. The summed E-state index contributed by atoms with van der Waals surface area (Å²) in [4.78, 5) is 22.7. The number of aromatic hydroxyl groups is 1. The Morgan fingerprint density at radius 2 is 2.16 bits per heavy atom. The van der Waals surface area contributed by atoms with Crippen LogP contribution in [-0.2, 0) is 9.59 Å². The number of phenols is 1. The molecule has 0 aliphatic rings. The SMILES string of the molecule is CC[C@@H](C)NC(=O)C(=O)N/N=C\c1cccc(O)c1. The van der Waals surface area contributed by atoms with Gasteiger partial charge in [-0.1, -0.05) is 19.1 Å². The molecule has 6 heteroatoms. The first kappa shape index (κ1) is 14.7. The molecular formula is C13H17N3O3. The summed E-state index contributed by atoms with van der Waals surface area (Å²) in [6.07, 6.45) is 2.08. The highest BCUT2D eigenvalue weighted by Gasteiger charge is 2.14. The minimum absolute atomic E-state index is 0.0618. The quantitative estimate of drug-likeness (QED) is 0.425. The minimum atomic E-state index is -0.822. The van der Waals surface area contributed by atoms with Crippen molar-refractivity contribution in [3.8, 4) is 5.75 Å². The molecular weight excluding hydrogens is 246 g/mol. The zero-order valence-corrected chi connectivity index (χ0v) is 10.9. The number of hydrazone groups is 1. The number of hydrogen-bond acceptors (Lipinski definition) is 4. The van der Waals surface area contributed by atoms with Gasteiger partial charge in [0.15, 0.2) is 0 Å². The van der Waals surface area contributed by atoms with Crippen LogP contribution in [0.4, 0.5) is 0 Å². The van der Waals surface area contributed by atoms with Gasteiger partial charge in [-0.05, 0) is 31.0 Å². The molecule has 0 aromatic heterocycles. The van der Waals surface area contributed by atoms with Gasteiger partial charge in [-0.3, -0.25) is 9.59 Å². The zero-order valence-electron chi connectivity index (χ0n) is 10.9. The molecule has 0 radical (unpaired) electrons. The second-order valence-electron chi connectivity index (χ2n) is 4.08. The van der Waals surface area contributed by atoms with Gasteiger partial charge in [-0.15, -0.1) is 0 Å². The Balaban J connectivity index is 2.48. The Labute approximate surface area is 111 Å². The molecule has 1 aromatic carbocycles. The average molecular weight is 263 g/mol. The Morgan fingerprint density at radius 3 is 2.79 bits per heavy atom. The fraction of sp³-hybridized carbons (Fsp3) is 0.308. The molecule has 0 unspecified atom stereocenters. The highest BCUT2D eigenvalue weighted by molar-refractivity contribution is 6.35. The molecule has 0 saturated carbocycles. The summed E-state index contributed by atoms with van der Waals surface area (Å²) in [7, 11) is 0. The monoisotopic (exact) mass is 263 g/mol. The molecule has 6 nitrogen and oxygen atoms in total. The van der Waals surface area contributed by atoms with E-state index in [1.54, 1.807) is 19.1 Å². The third-order valence-electron chi connectivity index (χ3n) is 2.45. The van der Waals surface area contributed by atoms with Gasteiger partial charge in [0.1, 0.15) is 5.75 Å². The van der Waals surface area contributed by atoms with Crippen molar-refractivity contribution in [2.24, 2.45) is 5.10 Å². The molecule has 0 heterocycles. The van der Waals surface area contributed by atoms with E-state index in [1.165, 1.54) is 18.3 Å². The Morgan fingerprint density at radius 1 is 1.42 bits per heavy atom. The number of nitrogens with one attached hydrogen (secondary N) is 2. The number of carbonyl (C=O) groups is 2. The van der Waals surface area contributed by atoms with Crippen molar-refractivity contribution in [2.75, 3.05) is 0 Å². The molecule has 0 spiro atoms. The van der Waals surface area contributed by atoms with Crippen molar-refractivity contribution < 1.29 is 14.7 Å². The van der Waals surface area contributed by atoms with Crippen LogP contribution in [0.25, 0.3) is 0 Å². The first-order chi connectivity index (χ1) is 9.02. The van der Waals surface area contributed by atoms with E-state index >= 15 is 0 Å². The number of nitrogens with zero attached hydrogens (tertiary/aromatic N) is 1. The van der Waals surface area contributed by atoms with E-state index in [-0.39, 0.29) is 11.8 Å². The summed E-state index contributed by atoms with van der Waals surface area (Å²) in [6, 6.07) is 6.29. The van der Waals surface area contributed by atoms with Crippen molar-refractivity contribution in [1.29, 1.82) is 0 Å². The van der Waals surface area contributed by atoms with Crippen LogP contribution in [0.5, 0.6) is 5.75 Å². The van der Waals surface area contributed by atoms with Crippen LogP contribution in [0.3, 0.4) is 0 Å². The van der Waals surface area contributed by atoms with E-state index in [9.17, 15) is 14.7 Å². The number of amides is 2. The van der Waals surface area contributed by atoms with Gasteiger partial charge in [0.05, 0.1) is 6.21 Å². The first-order valence-electron chi connectivity index (χ1n) is 5.96. The maximum absolute atomic E-state index is 11.4. The van der Waals surface area contributed by atoms with Crippen molar-refractivity contribution >= 4 is 18.0 Å². The molecule has 0 aliphatic carbocycles. The Bertz CT molecular complexity index is 486. The normalized spacial score (nSPS) is 12.1. The first-order valence-corrected chi connectivity index (χ1v) is 5.96. The lowest BCUT2D eigenvalue weighted by Gasteiger charge is -2.09. The lowest BCUT2D eigenvalue weighted by molar-refractivity contribution is -0.139. The third kappa shape index (κ3) is 5.20. The molecule has 0 fully saturated rings. The van der Waals surface area contributed by atoms with Gasteiger partial charge in [-0.2, -0.15) is 5.10 Å². The molecule has 2 amide bonds. The molecule has 3 N–H and O–H groups in total. The van der Waals surface area contributed by atoms with Crippen molar-refractivity contribution in [3.63, 3.8) is 0 Å². The summed E-state index contributed by atoms with van der Waals surface area (Å²) < 4.78 is 0. The largest absolute Gasteiger partial charge is 0.508 e. The topological polar surface area (TPSA) is 90.8 Å². The summed E-state index contributed by atoms with van der Waals surface area (Å²) in [5, 5.41) is 15.4. The number of benzene rings is 1. The van der Waals surface area contributed by atoms with Crippen molar-refractivity contribution in [3.05, 3.63) is 29.8 Å². The maximum atomic E-state index is 11.4. The fourth-order valence-electron chi connectivity index (χ4n) is 1.21. The van der Waals surface area contributed by atoms with Crippen LogP contribution >= 0.6 is 0 Å². The summed E-state index contributed by atoms with van der Waals surface area (Å²) in [5.74, 6) is -1.44. The standard InChI is InChI=1S/C13H17N3O3/c1-3-9(2)15-12(18)13(19)16-14-8-10-5-4-6-11(17)7-10/h4-9,17H,3H2,1-2H3,(H,15,18)(H,16,19)/b14-8-/t9-/m1/s1. The summed E-state index contributed by atoms with van der Waals surface area (Å²) >= 11 is 0. The molecule has 102 valence electrons. The van der Waals surface area contributed by atoms with E-state index in [2.05, 4.69) is 15.8 Å². The van der Waals surface area contributed by atoms with Gasteiger partial charge >= 0.3 is 11.8 Å². The average Bonchev–Trinajstić information content (AvgIpc) is 2.38. The van der Waals surface area contributed by atoms with Gasteiger partial charge in [0.2, 0.25) is 0 Å². The van der Waals surface area contributed by atoms with E-state index in [0.717, 1.165) is 6.42 Å². The summed E-state index contributed by atoms with van der Waals surface area (Å²) in [6.45, 7) is 3.71. The Kier molecular flexibility index (Phi) is 5.53. The lowest BCUT2D eigenvalue weighted by atomic mass is 10.2. The smallest absolute Gasteiger partial charge is 0.329 e. The van der Waals surface area contributed by atoms with Gasteiger partial charge in [0.25, 0.3) is 0 Å². The molecule has 19 heavy (non-hydrogen) atoms. The van der Waals surface area contributed by atoms with E-state index < -0.39 is 11.8 Å². The second-order valence-corrected chi connectivity index (χ2v) is 4.08. The molecule has 0 bridgehead atoms. The number of phenolic OH excluding ortho intramolecular Hbond substituents is 1. The van der Waals surface area contributed by atoms with E-state index in [4.69, 9.17) is 0 Å². The zero-order chi connectivity index (χ0) is 14.3. The van der Waals surface area contributed by atoms with Crippen LogP contribution in [0, 0.1) is 0 Å². The third-order valence-corrected chi connectivity index (χ3v) is 2.45. The fourth-order valence-corrected chi connectivity index (χ4v) is 1.21. The molecule has 1 atom stereocenters. The van der Waals surface area contributed by atoms with E-state index in [1.807, 2.05) is 6.92 Å².